The Hall–Kier alpha value is -1.36. The van der Waals surface area contributed by atoms with E-state index in [1.807, 2.05) is 25.9 Å². The molecule has 0 amide bonds. The van der Waals surface area contributed by atoms with Crippen molar-refractivity contribution in [3.05, 3.63) is 28.7 Å². The number of aliphatic hydroxyl groups is 5. The van der Waals surface area contributed by atoms with Gasteiger partial charge in [-0.2, -0.15) is 0 Å². The summed E-state index contributed by atoms with van der Waals surface area (Å²) in [6.45, 7) is 16.5. The third kappa shape index (κ3) is 11.7. The molecule has 3 fully saturated rings. The van der Waals surface area contributed by atoms with Gasteiger partial charge in [0.25, 0.3) is 0 Å². The first-order valence-corrected chi connectivity index (χ1v) is 23.7. The number of benzene rings is 1. The second-order valence-electron chi connectivity index (χ2n) is 18.8. The van der Waals surface area contributed by atoms with Crippen LogP contribution in [0.4, 0.5) is 0 Å². The van der Waals surface area contributed by atoms with Gasteiger partial charge >= 0.3 is 5.97 Å². The molecule has 0 aliphatic carbocycles. The number of esters is 1. The molecule has 3 saturated heterocycles. The second kappa shape index (κ2) is 20.4. The predicted octanol–water partition coefficient (Wildman–Crippen LogP) is 3.33. The van der Waals surface area contributed by atoms with Gasteiger partial charge in [-0.3, -0.25) is 4.79 Å². The van der Waals surface area contributed by atoms with Gasteiger partial charge in [0.15, 0.2) is 12.6 Å². The van der Waals surface area contributed by atoms with E-state index in [-0.39, 0.29) is 36.3 Å². The molecule has 0 saturated carbocycles. The first kappa shape index (κ1) is 52.3. The van der Waals surface area contributed by atoms with Crippen molar-refractivity contribution in [2.75, 3.05) is 21.2 Å². The third-order valence-electron chi connectivity index (χ3n) is 13.5. The lowest BCUT2D eigenvalue weighted by atomic mass is 9.72. The van der Waals surface area contributed by atoms with Crippen LogP contribution in [0.3, 0.4) is 0 Å². The van der Waals surface area contributed by atoms with E-state index in [4.69, 9.17) is 28.4 Å². The van der Waals surface area contributed by atoms with Crippen LogP contribution in [-0.2, 0) is 43.2 Å². The van der Waals surface area contributed by atoms with Crippen LogP contribution in [0.5, 0.6) is 0 Å². The minimum absolute atomic E-state index is 0.0453. The summed E-state index contributed by atoms with van der Waals surface area (Å²) in [4.78, 5) is 16.2. The molecule has 352 valence electrons. The summed E-state index contributed by atoms with van der Waals surface area (Å²) in [7, 11) is 0.891. The van der Waals surface area contributed by atoms with Crippen LogP contribution in [0.1, 0.15) is 94.9 Å². The molecule has 19 atom stereocenters. The number of likely N-dealkylation sites (N-methyl/N-ethyl adjacent to an activating group) is 1. The van der Waals surface area contributed by atoms with Crippen molar-refractivity contribution in [3.8, 4) is 0 Å². The molecule has 18 heteroatoms. The average Bonchev–Trinajstić information content (AvgIpc) is 3.18. The van der Waals surface area contributed by atoms with Gasteiger partial charge in [-0.15, -0.1) is 0 Å². The first-order chi connectivity index (χ1) is 28.1. The number of hydrogen-bond acceptors (Lipinski definition) is 15. The van der Waals surface area contributed by atoms with E-state index >= 15 is 0 Å². The molecule has 1 aromatic carbocycles. The molecule has 3 aliphatic rings. The fourth-order valence-corrected chi connectivity index (χ4v) is 11.4. The number of rotatable bonds is 10. The third-order valence-corrected chi connectivity index (χ3v) is 15.5. The zero-order chi connectivity index (χ0) is 46.2. The normalized spacial score (nSPS) is 45.0. The molecule has 0 radical (unpaired) electrons. The van der Waals surface area contributed by atoms with Crippen molar-refractivity contribution in [1.82, 2.24) is 9.62 Å². The molecule has 0 spiro atoms. The highest BCUT2D eigenvalue weighted by Crippen LogP contribution is 2.41. The number of nitrogens with zero attached hydrogens (tertiary/aromatic N) is 1. The monoisotopic (exact) mass is 952 g/mol. The topological polar surface area (TPSA) is 223 Å². The fraction of sp³-hybridized carbons (Fsp3) is 0.837. The number of carbonyl (C=O) groups excluding carboxylic acids is 1. The van der Waals surface area contributed by atoms with E-state index in [0.29, 0.717) is 10.9 Å². The van der Waals surface area contributed by atoms with Crippen molar-refractivity contribution < 1.29 is 67.2 Å². The Kier molecular flexibility index (Phi) is 17.5. The quantitative estimate of drug-likeness (QED) is 0.185. The standard InChI is InChI=1S/C43H73BrN2O14S/c1-14-31-43(10,52)36(48)24(4)33(45-61(53,54)29-17-15-28(44)16-18-29)22(2)20-41(8,51)38(60-40-34(47)30(46(11)12)19-23(3)56-40)25(5)35(26(6)39(50)58-31)59-32-21-42(9,55-13)37(49)27(7)57-32/h15-18,22-27,30-38,40,45,47-49,51-52H,14,19-21H2,1-13H3/t22-,23-,24+,25+,26-,27+,30+,31?,32+,33+,34-,35?,36-,37+,38-,40+,41-,42-,43-/m1/s1. The maximum atomic E-state index is 14.4. The molecule has 3 heterocycles. The van der Waals surface area contributed by atoms with Crippen LogP contribution in [0.25, 0.3) is 0 Å². The zero-order valence-electron chi connectivity index (χ0n) is 38.0. The SMILES string of the molecule is CCC1OC(=O)[C@H](C)C(O[C@H]2C[C@@](C)(OC)[C@@H](O)[C@H](C)O2)[C@H](C)[C@@H](O[C@@H]2O[C@H](C)C[C@H](N(C)C)[C@H]2O)[C@](C)(O)C[C@@H](C)[C@H](NS(=O)(=O)c2ccc(Br)cc2)[C@H](C)[C@@H](O)[C@]1(C)O. The fourth-order valence-electron chi connectivity index (χ4n) is 9.69. The largest absolute Gasteiger partial charge is 0.459 e. The predicted molar refractivity (Wildman–Crippen MR) is 230 cm³/mol. The second-order valence-corrected chi connectivity index (χ2v) is 21.4. The highest BCUT2D eigenvalue weighted by Gasteiger charge is 2.54. The summed E-state index contributed by atoms with van der Waals surface area (Å²) in [5.74, 6) is -4.62. The number of cyclic esters (lactones) is 1. The summed E-state index contributed by atoms with van der Waals surface area (Å²) in [5.41, 5.74) is -5.07. The number of methoxy groups -OCH3 is 1. The van der Waals surface area contributed by atoms with E-state index in [9.17, 15) is 38.7 Å². The lowest BCUT2D eigenvalue weighted by molar-refractivity contribution is -0.318. The molecule has 61 heavy (non-hydrogen) atoms. The molecule has 4 rings (SSSR count). The Morgan fingerprint density at radius 3 is 2.08 bits per heavy atom. The van der Waals surface area contributed by atoms with Gasteiger partial charge in [-0.25, -0.2) is 13.1 Å². The van der Waals surface area contributed by atoms with Crippen molar-refractivity contribution in [2.45, 2.75) is 190 Å². The molecule has 6 N–H and O–H groups in total. The van der Waals surface area contributed by atoms with Crippen LogP contribution >= 0.6 is 15.9 Å². The lowest BCUT2D eigenvalue weighted by Gasteiger charge is -2.49. The Morgan fingerprint density at radius 1 is 0.918 bits per heavy atom. The Balaban J connectivity index is 1.91. The van der Waals surface area contributed by atoms with Crippen LogP contribution in [0, 0.1) is 23.7 Å². The summed E-state index contributed by atoms with van der Waals surface area (Å²) in [6, 6.07) is 4.53. The molecule has 0 aromatic heterocycles. The van der Waals surface area contributed by atoms with E-state index in [0.717, 1.165) is 0 Å². The van der Waals surface area contributed by atoms with Gasteiger partial charge in [0.05, 0.1) is 52.5 Å². The number of nitrogens with one attached hydrogen (secondary N) is 1. The van der Waals surface area contributed by atoms with Crippen LogP contribution in [0.15, 0.2) is 33.6 Å². The number of hydrogen-bond donors (Lipinski definition) is 6. The summed E-state index contributed by atoms with van der Waals surface area (Å²) in [5, 5.41) is 59.7. The Labute approximate surface area is 371 Å². The number of sulfonamides is 1. The van der Waals surface area contributed by atoms with Gasteiger partial charge in [0, 0.05) is 41.9 Å². The summed E-state index contributed by atoms with van der Waals surface area (Å²) < 4.78 is 69.2. The van der Waals surface area contributed by atoms with E-state index in [1.165, 1.54) is 33.1 Å². The number of ether oxygens (including phenoxy) is 6. The van der Waals surface area contributed by atoms with Gasteiger partial charge in [-0.05, 0) is 105 Å². The maximum Gasteiger partial charge on any atom is 0.311 e. The van der Waals surface area contributed by atoms with E-state index in [2.05, 4.69) is 20.7 Å². The number of halogens is 1. The molecular weight excluding hydrogens is 880 g/mol. The highest BCUT2D eigenvalue weighted by atomic mass is 79.9. The molecule has 3 aliphatic heterocycles. The first-order valence-electron chi connectivity index (χ1n) is 21.4. The summed E-state index contributed by atoms with van der Waals surface area (Å²) in [6.07, 6.45) is -10.4. The molecular formula is C43H73BrN2O14S. The Bertz CT molecular complexity index is 1700. The minimum atomic E-state index is -4.26. The minimum Gasteiger partial charge on any atom is -0.459 e. The van der Waals surface area contributed by atoms with Crippen molar-refractivity contribution >= 4 is 31.9 Å². The maximum absolute atomic E-state index is 14.4. The van der Waals surface area contributed by atoms with Gasteiger partial charge < -0.3 is 58.9 Å². The Morgan fingerprint density at radius 2 is 1.52 bits per heavy atom. The van der Waals surface area contributed by atoms with Crippen molar-refractivity contribution in [2.24, 2.45) is 23.7 Å². The number of carbonyl (C=O) groups is 1. The lowest BCUT2D eigenvalue weighted by Crippen LogP contribution is -2.62. The molecule has 0 bridgehead atoms. The number of aliphatic hydroxyl groups excluding tert-OH is 3. The van der Waals surface area contributed by atoms with Crippen LogP contribution in [0.2, 0.25) is 0 Å². The zero-order valence-corrected chi connectivity index (χ0v) is 40.4. The van der Waals surface area contributed by atoms with E-state index < -0.39 is 118 Å². The smallest absolute Gasteiger partial charge is 0.311 e. The molecule has 2 unspecified atom stereocenters. The molecule has 1 aromatic rings. The van der Waals surface area contributed by atoms with E-state index in [1.54, 1.807) is 60.6 Å². The van der Waals surface area contributed by atoms with Gasteiger partial charge in [-0.1, -0.05) is 43.6 Å². The van der Waals surface area contributed by atoms with Gasteiger partial charge in [0.1, 0.15) is 23.9 Å². The van der Waals surface area contributed by atoms with Crippen molar-refractivity contribution in [3.63, 3.8) is 0 Å². The van der Waals surface area contributed by atoms with Crippen LogP contribution < -0.4 is 4.72 Å². The van der Waals surface area contributed by atoms with Crippen molar-refractivity contribution in [1.29, 1.82) is 0 Å². The average molecular weight is 954 g/mol. The highest BCUT2D eigenvalue weighted by molar-refractivity contribution is 9.10. The molecule has 16 nitrogen and oxygen atoms in total. The van der Waals surface area contributed by atoms with Crippen LogP contribution in [-0.4, -0.2) is 156 Å². The van der Waals surface area contributed by atoms with Gasteiger partial charge in [0.2, 0.25) is 10.0 Å². The summed E-state index contributed by atoms with van der Waals surface area (Å²) >= 11 is 3.34.